The first-order chi connectivity index (χ1) is 9.64. The van der Waals surface area contributed by atoms with Gasteiger partial charge in [0, 0.05) is 12.1 Å². The first-order valence-electron chi connectivity index (χ1n) is 9.09. The number of hydrogen-bond acceptors (Lipinski definition) is 2. The normalized spacial score (nSPS) is 37.0. The molecule has 2 heteroatoms. The number of likely N-dealkylation sites (tertiary alicyclic amines) is 1. The van der Waals surface area contributed by atoms with Crippen LogP contribution in [0.2, 0.25) is 0 Å². The van der Waals surface area contributed by atoms with Crippen molar-refractivity contribution < 1.29 is 0 Å². The Morgan fingerprint density at radius 2 is 1.90 bits per heavy atom. The minimum Gasteiger partial charge on any atom is -0.329 e. The summed E-state index contributed by atoms with van der Waals surface area (Å²) in [5, 5.41) is 0. The molecule has 1 heterocycles. The Morgan fingerprint density at radius 3 is 2.55 bits per heavy atom. The zero-order valence-corrected chi connectivity index (χ0v) is 14.0. The van der Waals surface area contributed by atoms with Crippen LogP contribution < -0.4 is 5.73 Å². The molecule has 0 amide bonds. The number of nitrogens with zero attached hydrogens (tertiary/aromatic N) is 1. The second-order valence-electron chi connectivity index (χ2n) is 7.60. The van der Waals surface area contributed by atoms with E-state index in [0.717, 1.165) is 24.3 Å². The van der Waals surface area contributed by atoms with Crippen LogP contribution in [0.5, 0.6) is 0 Å². The number of nitrogens with two attached hydrogens (primary N) is 1. The van der Waals surface area contributed by atoms with Crippen LogP contribution >= 0.6 is 0 Å². The van der Waals surface area contributed by atoms with Gasteiger partial charge in [0.1, 0.15) is 0 Å². The smallest absolute Gasteiger partial charge is 0.0362 e. The zero-order chi connectivity index (χ0) is 14.6. The van der Waals surface area contributed by atoms with Gasteiger partial charge in [0.2, 0.25) is 0 Å². The highest BCUT2D eigenvalue weighted by Crippen LogP contribution is 2.43. The van der Waals surface area contributed by atoms with Crippen molar-refractivity contribution in [1.82, 2.24) is 4.90 Å². The zero-order valence-electron chi connectivity index (χ0n) is 14.0. The minimum absolute atomic E-state index is 0.315. The van der Waals surface area contributed by atoms with Crippen LogP contribution in [0.1, 0.15) is 72.1 Å². The van der Waals surface area contributed by atoms with Gasteiger partial charge >= 0.3 is 0 Å². The van der Waals surface area contributed by atoms with Crippen LogP contribution in [-0.4, -0.2) is 30.1 Å². The van der Waals surface area contributed by atoms with E-state index in [0.29, 0.717) is 5.54 Å². The fourth-order valence-corrected chi connectivity index (χ4v) is 5.00. The van der Waals surface area contributed by atoms with Crippen molar-refractivity contribution >= 4 is 0 Å². The lowest BCUT2D eigenvalue weighted by Crippen LogP contribution is -2.61. The van der Waals surface area contributed by atoms with E-state index in [1.165, 1.54) is 64.5 Å². The van der Waals surface area contributed by atoms with Gasteiger partial charge in [0.25, 0.3) is 0 Å². The Kier molecular flexibility index (Phi) is 5.92. The monoisotopic (exact) mass is 280 g/mol. The number of rotatable bonds is 4. The lowest BCUT2D eigenvalue weighted by Gasteiger charge is -2.52. The third-order valence-corrected chi connectivity index (χ3v) is 6.28. The van der Waals surface area contributed by atoms with Gasteiger partial charge in [-0.05, 0) is 62.9 Å². The van der Waals surface area contributed by atoms with E-state index in [1.54, 1.807) is 0 Å². The van der Waals surface area contributed by atoms with Gasteiger partial charge in [0.15, 0.2) is 0 Å². The summed E-state index contributed by atoms with van der Waals surface area (Å²) < 4.78 is 0. The SMILES string of the molecule is CCC1CCCN(C2(CN)CCCCC2C(C)C)CC1. The van der Waals surface area contributed by atoms with E-state index < -0.39 is 0 Å². The predicted octanol–water partition coefficient (Wildman–Crippen LogP) is 4.04. The molecule has 1 saturated carbocycles. The molecule has 2 aliphatic rings. The van der Waals surface area contributed by atoms with Gasteiger partial charge in [-0.25, -0.2) is 0 Å². The van der Waals surface area contributed by atoms with E-state index in [-0.39, 0.29) is 0 Å². The maximum absolute atomic E-state index is 6.37. The van der Waals surface area contributed by atoms with E-state index in [4.69, 9.17) is 5.73 Å². The molecule has 1 aliphatic carbocycles. The fraction of sp³-hybridized carbons (Fsp3) is 1.00. The molecule has 0 aromatic carbocycles. The molecule has 3 atom stereocenters. The summed E-state index contributed by atoms with van der Waals surface area (Å²) in [6.07, 6.45) is 11.1. The molecule has 2 nitrogen and oxygen atoms in total. The van der Waals surface area contributed by atoms with Crippen molar-refractivity contribution in [3.05, 3.63) is 0 Å². The maximum Gasteiger partial charge on any atom is 0.0362 e. The average Bonchev–Trinajstić information content (AvgIpc) is 2.72. The molecule has 3 unspecified atom stereocenters. The Labute approximate surface area is 126 Å². The van der Waals surface area contributed by atoms with Crippen molar-refractivity contribution in [2.45, 2.75) is 77.7 Å². The summed E-state index contributed by atoms with van der Waals surface area (Å²) in [6.45, 7) is 10.6. The van der Waals surface area contributed by atoms with E-state index in [1.807, 2.05) is 0 Å². The van der Waals surface area contributed by atoms with Crippen LogP contribution in [0.25, 0.3) is 0 Å². The molecule has 118 valence electrons. The molecule has 1 saturated heterocycles. The Balaban J connectivity index is 2.15. The van der Waals surface area contributed by atoms with Crippen LogP contribution in [0, 0.1) is 17.8 Å². The molecule has 2 fully saturated rings. The van der Waals surface area contributed by atoms with Crippen LogP contribution in [-0.2, 0) is 0 Å². The summed E-state index contributed by atoms with van der Waals surface area (Å²) in [7, 11) is 0. The summed E-state index contributed by atoms with van der Waals surface area (Å²) >= 11 is 0. The van der Waals surface area contributed by atoms with Crippen molar-refractivity contribution in [2.75, 3.05) is 19.6 Å². The molecular weight excluding hydrogens is 244 g/mol. The standard InChI is InChI=1S/C18H36N2/c1-4-16-8-7-12-20(13-10-16)18(14-19)11-6-5-9-17(18)15(2)3/h15-17H,4-14,19H2,1-3H3. The van der Waals surface area contributed by atoms with Crippen molar-refractivity contribution in [3.8, 4) is 0 Å². The lowest BCUT2D eigenvalue weighted by atomic mass is 9.66. The van der Waals surface area contributed by atoms with Crippen molar-refractivity contribution in [3.63, 3.8) is 0 Å². The largest absolute Gasteiger partial charge is 0.329 e. The topological polar surface area (TPSA) is 29.3 Å². The fourth-order valence-electron chi connectivity index (χ4n) is 5.00. The molecule has 0 aromatic heterocycles. The van der Waals surface area contributed by atoms with E-state index in [9.17, 15) is 0 Å². The lowest BCUT2D eigenvalue weighted by molar-refractivity contribution is -0.0125. The Hall–Kier alpha value is -0.0800. The molecular formula is C18H36N2. The van der Waals surface area contributed by atoms with Gasteiger partial charge in [-0.1, -0.05) is 40.0 Å². The van der Waals surface area contributed by atoms with E-state index in [2.05, 4.69) is 25.7 Å². The quantitative estimate of drug-likeness (QED) is 0.842. The highest BCUT2D eigenvalue weighted by Gasteiger charge is 2.45. The minimum atomic E-state index is 0.315. The second-order valence-corrected chi connectivity index (χ2v) is 7.60. The molecule has 20 heavy (non-hydrogen) atoms. The Morgan fingerprint density at radius 1 is 1.10 bits per heavy atom. The summed E-state index contributed by atoms with van der Waals surface area (Å²) in [5.41, 5.74) is 6.69. The molecule has 0 radical (unpaired) electrons. The Bertz CT molecular complexity index is 289. The number of hydrogen-bond donors (Lipinski definition) is 1. The van der Waals surface area contributed by atoms with Gasteiger partial charge in [-0.2, -0.15) is 0 Å². The molecule has 0 aromatic rings. The molecule has 2 N–H and O–H groups in total. The van der Waals surface area contributed by atoms with Gasteiger partial charge in [-0.3, -0.25) is 4.90 Å². The summed E-state index contributed by atoms with van der Waals surface area (Å²) in [4.78, 5) is 2.83. The third-order valence-electron chi connectivity index (χ3n) is 6.28. The van der Waals surface area contributed by atoms with Crippen molar-refractivity contribution in [2.24, 2.45) is 23.5 Å². The molecule has 0 spiro atoms. The first-order valence-corrected chi connectivity index (χ1v) is 9.09. The third kappa shape index (κ3) is 3.22. The second kappa shape index (κ2) is 7.26. The molecule has 0 bridgehead atoms. The summed E-state index contributed by atoms with van der Waals surface area (Å²) in [5.74, 6) is 2.53. The first kappa shape index (κ1) is 16.3. The summed E-state index contributed by atoms with van der Waals surface area (Å²) in [6, 6.07) is 0. The highest BCUT2D eigenvalue weighted by molar-refractivity contribution is 5.01. The van der Waals surface area contributed by atoms with Gasteiger partial charge in [-0.15, -0.1) is 0 Å². The average molecular weight is 280 g/mol. The maximum atomic E-state index is 6.37. The highest BCUT2D eigenvalue weighted by atomic mass is 15.2. The predicted molar refractivity (Wildman–Crippen MR) is 87.8 cm³/mol. The van der Waals surface area contributed by atoms with Gasteiger partial charge in [0.05, 0.1) is 0 Å². The van der Waals surface area contributed by atoms with Crippen LogP contribution in [0.15, 0.2) is 0 Å². The van der Waals surface area contributed by atoms with Gasteiger partial charge < -0.3 is 5.73 Å². The molecule has 1 aliphatic heterocycles. The van der Waals surface area contributed by atoms with E-state index >= 15 is 0 Å². The van der Waals surface area contributed by atoms with Crippen molar-refractivity contribution in [1.29, 1.82) is 0 Å². The van der Waals surface area contributed by atoms with Crippen LogP contribution in [0.3, 0.4) is 0 Å². The molecule has 2 rings (SSSR count). The van der Waals surface area contributed by atoms with Crippen LogP contribution in [0.4, 0.5) is 0 Å².